The number of hydrogen-bond donors (Lipinski definition) is 0. The molecule has 2 aromatic heterocycles. The van der Waals surface area contributed by atoms with Crippen molar-refractivity contribution >= 4 is 33.4 Å². The number of amides is 1. The lowest BCUT2D eigenvalue weighted by atomic mass is 10.1. The Labute approximate surface area is 154 Å². The van der Waals surface area contributed by atoms with Gasteiger partial charge in [-0.25, -0.2) is 0 Å². The van der Waals surface area contributed by atoms with Gasteiger partial charge < -0.3 is 9.30 Å². The van der Waals surface area contributed by atoms with Gasteiger partial charge in [-0.15, -0.1) is 0 Å². The molecule has 0 N–H and O–H groups in total. The number of benzene rings is 1. The molecule has 3 aromatic rings. The predicted molar refractivity (Wildman–Crippen MR) is 99.1 cm³/mol. The molecule has 0 saturated heterocycles. The van der Waals surface area contributed by atoms with E-state index in [0.717, 1.165) is 26.9 Å². The Bertz CT molecular complexity index is 1070. The molecule has 0 aliphatic heterocycles. The maximum absolute atomic E-state index is 12.7. The van der Waals surface area contributed by atoms with Gasteiger partial charge >= 0.3 is 5.97 Å². The van der Waals surface area contributed by atoms with Crippen LogP contribution in [-0.4, -0.2) is 33.3 Å². The summed E-state index contributed by atoms with van der Waals surface area (Å²) in [6, 6.07) is 4.05. The molecule has 0 saturated carbocycles. The third kappa shape index (κ3) is 3.20. The summed E-state index contributed by atoms with van der Waals surface area (Å²) in [4.78, 5) is 29.3. The van der Waals surface area contributed by atoms with Crippen LogP contribution in [0, 0.1) is 20.8 Å². The van der Waals surface area contributed by atoms with Crippen molar-refractivity contribution in [3.63, 3.8) is 0 Å². The molecule has 1 amide bonds. The van der Waals surface area contributed by atoms with Crippen molar-refractivity contribution in [2.24, 2.45) is 12.0 Å². The van der Waals surface area contributed by atoms with Gasteiger partial charge in [0.15, 0.2) is 4.80 Å². The molecule has 1 aromatic carbocycles. The van der Waals surface area contributed by atoms with E-state index in [1.165, 1.54) is 23.1 Å². The molecule has 136 valence electrons. The van der Waals surface area contributed by atoms with Gasteiger partial charge in [0.25, 0.3) is 5.91 Å². The SMILES string of the molecule is COC(=O)Cn1c(=NC(=O)c2c(C)cnn2C)sc2cc(C)c(C)cc21. The molecule has 26 heavy (non-hydrogen) atoms. The predicted octanol–water partition coefficient (Wildman–Crippen LogP) is 2.28. The normalized spacial score (nSPS) is 12.0. The Morgan fingerprint density at radius 1 is 1.19 bits per heavy atom. The number of fused-ring (bicyclic) bond motifs is 1. The number of esters is 1. The van der Waals surface area contributed by atoms with Crippen molar-refractivity contribution in [1.29, 1.82) is 0 Å². The lowest BCUT2D eigenvalue weighted by molar-refractivity contribution is -0.141. The Morgan fingerprint density at radius 3 is 2.50 bits per heavy atom. The highest BCUT2D eigenvalue weighted by atomic mass is 32.1. The summed E-state index contributed by atoms with van der Waals surface area (Å²) in [6.07, 6.45) is 1.63. The van der Waals surface area contributed by atoms with Gasteiger partial charge in [0.2, 0.25) is 0 Å². The molecule has 8 heteroatoms. The second-order valence-electron chi connectivity index (χ2n) is 6.17. The molecule has 0 fully saturated rings. The van der Waals surface area contributed by atoms with Crippen molar-refractivity contribution in [2.45, 2.75) is 27.3 Å². The minimum absolute atomic E-state index is 0.00448. The van der Waals surface area contributed by atoms with Crippen LogP contribution >= 0.6 is 11.3 Å². The van der Waals surface area contributed by atoms with Crippen molar-refractivity contribution in [1.82, 2.24) is 14.3 Å². The van der Waals surface area contributed by atoms with Crippen LogP contribution in [0.5, 0.6) is 0 Å². The van der Waals surface area contributed by atoms with Crippen LogP contribution in [0.15, 0.2) is 23.3 Å². The summed E-state index contributed by atoms with van der Waals surface area (Å²) in [7, 11) is 3.05. The number of aromatic nitrogens is 3. The summed E-state index contributed by atoms with van der Waals surface area (Å²) in [5, 5.41) is 4.09. The molecule has 0 atom stereocenters. The standard InChI is InChI=1S/C18H20N4O3S/c1-10-6-13-14(7-11(10)2)26-18(22(13)9-15(23)25-5)20-17(24)16-12(3)8-19-21(16)4/h6-8H,9H2,1-5H3. The number of nitrogens with zero attached hydrogens (tertiary/aromatic N) is 4. The van der Waals surface area contributed by atoms with Crippen molar-refractivity contribution in [2.75, 3.05) is 7.11 Å². The monoisotopic (exact) mass is 372 g/mol. The zero-order valence-electron chi connectivity index (χ0n) is 15.4. The zero-order chi connectivity index (χ0) is 19.0. The van der Waals surface area contributed by atoms with E-state index in [9.17, 15) is 9.59 Å². The van der Waals surface area contributed by atoms with Crippen LogP contribution in [0.4, 0.5) is 0 Å². The van der Waals surface area contributed by atoms with Gasteiger partial charge in [-0.2, -0.15) is 10.1 Å². The number of methoxy groups -OCH3 is 1. The largest absolute Gasteiger partial charge is 0.468 e. The van der Waals surface area contributed by atoms with E-state index in [4.69, 9.17) is 4.74 Å². The minimum Gasteiger partial charge on any atom is -0.468 e. The number of carbonyl (C=O) groups excluding carboxylic acids is 2. The van der Waals surface area contributed by atoms with E-state index in [2.05, 4.69) is 10.1 Å². The second-order valence-corrected chi connectivity index (χ2v) is 7.18. The third-order valence-corrected chi connectivity index (χ3v) is 5.38. The smallest absolute Gasteiger partial charge is 0.325 e. The summed E-state index contributed by atoms with van der Waals surface area (Å²) in [5.74, 6) is -0.783. The second kappa shape index (κ2) is 6.87. The number of carbonyl (C=O) groups is 2. The molecule has 0 spiro atoms. The molecular weight excluding hydrogens is 352 g/mol. The Hall–Kier alpha value is -2.74. The van der Waals surface area contributed by atoms with E-state index >= 15 is 0 Å². The maximum atomic E-state index is 12.7. The van der Waals surface area contributed by atoms with Crippen molar-refractivity contribution in [3.05, 3.63) is 45.5 Å². The fraction of sp³-hybridized carbons (Fsp3) is 0.333. The first-order valence-corrected chi connectivity index (χ1v) is 8.88. The van der Waals surface area contributed by atoms with Crippen molar-refractivity contribution in [3.8, 4) is 0 Å². The van der Waals surface area contributed by atoms with Gasteiger partial charge in [0.1, 0.15) is 12.2 Å². The zero-order valence-corrected chi connectivity index (χ0v) is 16.2. The van der Waals surface area contributed by atoms with E-state index in [1.807, 2.05) is 32.9 Å². The third-order valence-electron chi connectivity index (χ3n) is 4.33. The number of ether oxygens (including phenoxy) is 1. The number of rotatable bonds is 3. The molecule has 7 nitrogen and oxygen atoms in total. The van der Waals surface area contributed by atoms with Crippen LogP contribution in [0.3, 0.4) is 0 Å². The first-order valence-electron chi connectivity index (χ1n) is 8.07. The summed E-state index contributed by atoms with van der Waals surface area (Å²) in [6.45, 7) is 5.85. The average molecular weight is 372 g/mol. The Kier molecular flexibility index (Phi) is 4.78. The highest BCUT2D eigenvalue weighted by Gasteiger charge is 2.16. The van der Waals surface area contributed by atoms with Crippen LogP contribution < -0.4 is 4.80 Å². The average Bonchev–Trinajstić information content (AvgIpc) is 3.08. The highest BCUT2D eigenvalue weighted by molar-refractivity contribution is 7.16. The topological polar surface area (TPSA) is 78.5 Å². The fourth-order valence-corrected chi connectivity index (χ4v) is 3.86. The number of hydrogen-bond acceptors (Lipinski definition) is 5. The van der Waals surface area contributed by atoms with Crippen molar-refractivity contribution < 1.29 is 14.3 Å². The highest BCUT2D eigenvalue weighted by Crippen LogP contribution is 2.22. The maximum Gasteiger partial charge on any atom is 0.325 e. The van der Waals surface area contributed by atoms with Gasteiger partial charge in [-0.3, -0.25) is 14.3 Å². The van der Waals surface area contributed by atoms with Gasteiger partial charge in [-0.1, -0.05) is 11.3 Å². The number of aryl methyl sites for hydroxylation is 4. The quantitative estimate of drug-likeness (QED) is 0.661. The van der Waals surface area contributed by atoms with E-state index < -0.39 is 5.97 Å². The molecule has 0 unspecified atom stereocenters. The summed E-state index contributed by atoms with van der Waals surface area (Å²) >= 11 is 1.37. The first-order chi connectivity index (χ1) is 12.3. The minimum atomic E-state index is -0.395. The molecule has 3 rings (SSSR count). The van der Waals surface area contributed by atoms with Crippen LogP contribution in [0.1, 0.15) is 27.2 Å². The van der Waals surface area contributed by atoms with Gasteiger partial charge in [-0.05, 0) is 44.0 Å². The van der Waals surface area contributed by atoms with Crippen LogP contribution in [0.2, 0.25) is 0 Å². The molecule has 0 bridgehead atoms. The van der Waals surface area contributed by atoms with Gasteiger partial charge in [0.05, 0.1) is 23.5 Å². The molecule has 0 radical (unpaired) electrons. The Morgan fingerprint density at radius 2 is 1.88 bits per heavy atom. The number of thiazole rings is 1. The van der Waals surface area contributed by atoms with E-state index in [1.54, 1.807) is 17.8 Å². The molecular formula is C18H20N4O3S. The van der Waals surface area contributed by atoms with Crippen LogP contribution in [-0.2, 0) is 23.1 Å². The van der Waals surface area contributed by atoms with Gasteiger partial charge in [0, 0.05) is 12.6 Å². The van der Waals surface area contributed by atoms with Crippen LogP contribution in [0.25, 0.3) is 10.2 Å². The Balaban J connectivity index is 2.22. The lowest BCUT2D eigenvalue weighted by Gasteiger charge is -2.05. The molecule has 2 heterocycles. The molecule has 0 aliphatic rings. The lowest BCUT2D eigenvalue weighted by Crippen LogP contribution is -2.23. The van der Waals surface area contributed by atoms with E-state index in [0.29, 0.717) is 10.5 Å². The summed E-state index contributed by atoms with van der Waals surface area (Å²) in [5.41, 5.74) is 4.29. The first kappa shape index (κ1) is 18.1. The van der Waals surface area contributed by atoms with E-state index in [-0.39, 0.29) is 12.5 Å². The summed E-state index contributed by atoms with van der Waals surface area (Å²) < 4.78 is 9.00. The fourth-order valence-electron chi connectivity index (χ4n) is 2.75. The molecule has 0 aliphatic carbocycles.